The van der Waals surface area contributed by atoms with Crippen LogP contribution in [0.3, 0.4) is 0 Å². The van der Waals surface area contributed by atoms with Crippen LogP contribution in [0.1, 0.15) is 46.6 Å². The Morgan fingerprint density at radius 1 is 0.944 bits per heavy atom. The largest absolute Gasteiger partial charge is 0.452 e. The molecule has 5 rings (SSSR count). The second-order valence-corrected chi connectivity index (χ2v) is 9.22. The number of esters is 1. The summed E-state index contributed by atoms with van der Waals surface area (Å²) in [5.74, 6) is -0.475. The van der Waals surface area contributed by atoms with Crippen LogP contribution in [0.4, 0.5) is 0 Å². The van der Waals surface area contributed by atoms with E-state index in [1.807, 2.05) is 24.3 Å². The van der Waals surface area contributed by atoms with Crippen molar-refractivity contribution in [3.63, 3.8) is 0 Å². The molecule has 4 aromatic rings. The molecule has 1 heterocycles. The molecule has 1 saturated carbocycles. The number of carbonyl (C=O) groups excluding carboxylic acids is 2. The van der Waals surface area contributed by atoms with Crippen LogP contribution in [-0.2, 0) is 21.4 Å². The minimum Gasteiger partial charge on any atom is -0.452 e. The zero-order chi connectivity index (χ0) is 25.0. The minimum absolute atomic E-state index is 0.0443. The van der Waals surface area contributed by atoms with Gasteiger partial charge in [-0.1, -0.05) is 67.1 Å². The number of aromatic amines is 1. The molecule has 2 N–H and O–H groups in total. The van der Waals surface area contributed by atoms with Crippen molar-refractivity contribution < 1.29 is 14.3 Å². The van der Waals surface area contributed by atoms with Crippen LogP contribution in [0.15, 0.2) is 83.7 Å². The molecule has 7 heteroatoms. The monoisotopic (exact) mass is 481 g/mol. The molecule has 0 aliphatic heterocycles. The summed E-state index contributed by atoms with van der Waals surface area (Å²) < 4.78 is 5.34. The summed E-state index contributed by atoms with van der Waals surface area (Å²) in [7, 11) is 0. The molecule has 1 aliphatic carbocycles. The van der Waals surface area contributed by atoms with Crippen LogP contribution >= 0.6 is 0 Å². The third kappa shape index (κ3) is 4.91. The topological polar surface area (TPSA) is 101 Å². The molecule has 0 unspecified atom stereocenters. The first-order valence-corrected chi connectivity index (χ1v) is 12.1. The van der Waals surface area contributed by atoms with E-state index in [1.54, 1.807) is 42.5 Å². The predicted molar refractivity (Wildman–Crippen MR) is 137 cm³/mol. The number of fused-ring (bicyclic) bond motifs is 1. The average Bonchev–Trinajstić information content (AvgIpc) is 2.88. The van der Waals surface area contributed by atoms with E-state index >= 15 is 0 Å². The summed E-state index contributed by atoms with van der Waals surface area (Å²) >= 11 is 0. The average molecular weight is 482 g/mol. The molecule has 0 atom stereocenters. The molecule has 1 fully saturated rings. The lowest BCUT2D eigenvalue weighted by Crippen LogP contribution is -2.46. The summed E-state index contributed by atoms with van der Waals surface area (Å²) in [5.41, 5.74) is 2.53. The first-order valence-electron chi connectivity index (χ1n) is 12.1. The fourth-order valence-corrected chi connectivity index (χ4v) is 4.76. The Morgan fingerprint density at radius 2 is 1.67 bits per heavy atom. The highest BCUT2D eigenvalue weighted by Crippen LogP contribution is 2.43. The van der Waals surface area contributed by atoms with Gasteiger partial charge in [0.05, 0.1) is 16.5 Å². The maximum Gasteiger partial charge on any atom is 0.338 e. The predicted octanol–water partition coefficient (Wildman–Crippen LogP) is 3.91. The van der Waals surface area contributed by atoms with E-state index in [1.165, 1.54) is 5.56 Å². The Kier molecular flexibility index (Phi) is 6.62. The molecule has 182 valence electrons. The van der Waals surface area contributed by atoms with Crippen LogP contribution in [0, 0.1) is 0 Å². The van der Waals surface area contributed by atoms with Gasteiger partial charge in [-0.15, -0.1) is 0 Å². The van der Waals surface area contributed by atoms with Gasteiger partial charge in [-0.05, 0) is 42.2 Å². The number of hydrogen-bond acceptors (Lipinski definition) is 5. The summed E-state index contributed by atoms with van der Waals surface area (Å²) in [6.07, 6.45) is 3.43. The van der Waals surface area contributed by atoms with Crippen LogP contribution in [0.5, 0.6) is 0 Å². The molecule has 0 saturated heterocycles. The van der Waals surface area contributed by atoms with Crippen molar-refractivity contribution in [1.82, 2.24) is 15.3 Å². The van der Waals surface area contributed by atoms with E-state index in [0.717, 1.165) is 19.3 Å². The zero-order valence-electron chi connectivity index (χ0n) is 19.8. The number of nitrogens with zero attached hydrogens (tertiary/aromatic N) is 1. The molecule has 0 spiro atoms. The lowest BCUT2D eigenvalue weighted by atomic mass is 9.64. The third-order valence-corrected chi connectivity index (χ3v) is 6.91. The van der Waals surface area contributed by atoms with Gasteiger partial charge in [0.15, 0.2) is 6.61 Å². The van der Waals surface area contributed by atoms with Crippen molar-refractivity contribution in [1.29, 1.82) is 0 Å². The smallest absolute Gasteiger partial charge is 0.338 e. The number of benzene rings is 3. The summed E-state index contributed by atoms with van der Waals surface area (Å²) in [5, 5.41) is 3.45. The van der Waals surface area contributed by atoms with Crippen molar-refractivity contribution in [3.8, 4) is 0 Å². The fourth-order valence-electron chi connectivity index (χ4n) is 4.76. The van der Waals surface area contributed by atoms with Crippen molar-refractivity contribution >= 4 is 22.8 Å². The number of H-pyrrole nitrogens is 1. The third-order valence-electron chi connectivity index (χ3n) is 6.91. The van der Waals surface area contributed by atoms with E-state index in [-0.39, 0.29) is 29.9 Å². The Morgan fingerprint density at radius 3 is 2.44 bits per heavy atom. The molecule has 0 radical (unpaired) electrons. The Bertz CT molecular complexity index is 1460. The summed E-state index contributed by atoms with van der Waals surface area (Å²) in [6.45, 7) is 0.161. The Labute approximate surface area is 208 Å². The van der Waals surface area contributed by atoms with Gasteiger partial charge >= 0.3 is 5.97 Å². The van der Waals surface area contributed by atoms with E-state index in [9.17, 15) is 14.4 Å². The van der Waals surface area contributed by atoms with Crippen LogP contribution in [0.25, 0.3) is 10.9 Å². The number of hydrogen-bond donors (Lipinski definition) is 2. The van der Waals surface area contributed by atoms with Gasteiger partial charge in [-0.3, -0.25) is 9.59 Å². The van der Waals surface area contributed by atoms with Gasteiger partial charge < -0.3 is 15.0 Å². The van der Waals surface area contributed by atoms with Gasteiger partial charge in [-0.25, -0.2) is 9.78 Å². The number of carbonyl (C=O) groups is 2. The van der Waals surface area contributed by atoms with Gasteiger partial charge in [0.25, 0.3) is 11.5 Å². The Balaban J connectivity index is 1.22. The van der Waals surface area contributed by atoms with E-state index in [2.05, 4.69) is 27.4 Å². The second-order valence-electron chi connectivity index (χ2n) is 9.22. The van der Waals surface area contributed by atoms with Crippen LogP contribution in [-0.4, -0.2) is 35.0 Å². The summed E-state index contributed by atoms with van der Waals surface area (Å²) in [4.78, 5) is 45.0. The lowest BCUT2D eigenvalue weighted by molar-refractivity contribution is -0.124. The molecular formula is C29H27N3O4. The molecule has 3 aromatic carbocycles. The highest BCUT2D eigenvalue weighted by atomic mass is 16.5. The van der Waals surface area contributed by atoms with E-state index in [0.29, 0.717) is 34.4 Å². The van der Waals surface area contributed by atoms with Crippen molar-refractivity contribution in [3.05, 3.63) is 112 Å². The molecular weight excluding hydrogens is 454 g/mol. The van der Waals surface area contributed by atoms with Crippen molar-refractivity contribution in [2.75, 3.05) is 13.2 Å². The number of nitrogens with one attached hydrogen (secondary N) is 2. The molecule has 0 bridgehead atoms. The van der Waals surface area contributed by atoms with Gasteiger partial charge in [-0.2, -0.15) is 0 Å². The first-order chi connectivity index (χ1) is 17.5. The zero-order valence-corrected chi connectivity index (χ0v) is 19.8. The number of para-hydroxylation sites is 1. The van der Waals surface area contributed by atoms with Crippen LogP contribution < -0.4 is 10.9 Å². The standard InChI is InChI=1S/C29H27N3O4/c33-26(30-19-29(15-8-16-29)21-10-2-1-3-11-21)18-36-28(35)22-12-5-4-9-20(22)17-25-31-24-14-7-6-13-23(24)27(34)32-25/h1-7,9-14H,8,15-19H2,(H,30,33)(H,31,32,34). The normalized spacial score (nSPS) is 14.1. The SMILES string of the molecule is O=C(COC(=O)c1ccccc1Cc1nc2ccccc2c(=O)[nH]1)NCC1(c2ccccc2)CCC1. The Hall–Kier alpha value is -4.26. The highest BCUT2D eigenvalue weighted by Gasteiger charge is 2.38. The van der Waals surface area contributed by atoms with E-state index < -0.39 is 5.97 Å². The first kappa shape index (κ1) is 23.5. The van der Waals surface area contributed by atoms with Gasteiger partial charge in [0.2, 0.25) is 0 Å². The number of amides is 1. The second kappa shape index (κ2) is 10.2. The van der Waals surface area contributed by atoms with Crippen molar-refractivity contribution in [2.24, 2.45) is 0 Å². The highest BCUT2D eigenvalue weighted by molar-refractivity contribution is 5.93. The van der Waals surface area contributed by atoms with Crippen molar-refractivity contribution in [2.45, 2.75) is 31.1 Å². The fraction of sp³-hybridized carbons (Fsp3) is 0.241. The van der Waals surface area contributed by atoms with Gasteiger partial charge in [0.1, 0.15) is 5.82 Å². The van der Waals surface area contributed by atoms with Gasteiger partial charge in [0, 0.05) is 18.4 Å². The van der Waals surface area contributed by atoms with Crippen LogP contribution in [0.2, 0.25) is 0 Å². The number of aromatic nitrogens is 2. The summed E-state index contributed by atoms with van der Waals surface area (Å²) in [6, 6.07) is 24.3. The molecule has 36 heavy (non-hydrogen) atoms. The van der Waals surface area contributed by atoms with E-state index in [4.69, 9.17) is 4.74 Å². The minimum atomic E-state index is -0.592. The lowest BCUT2D eigenvalue weighted by Gasteiger charge is -2.42. The molecule has 7 nitrogen and oxygen atoms in total. The maximum absolute atomic E-state index is 12.8. The molecule has 1 aromatic heterocycles. The quantitative estimate of drug-likeness (QED) is 0.372. The number of ether oxygens (including phenoxy) is 1. The molecule has 1 aliphatic rings. The maximum atomic E-state index is 12.8. The number of rotatable bonds is 8. The molecule has 1 amide bonds.